The molecule has 0 aliphatic carbocycles. The number of halogens is 1. The molecule has 0 aliphatic rings. The van der Waals surface area contributed by atoms with Crippen molar-refractivity contribution in [1.29, 1.82) is 0 Å². The monoisotopic (exact) mass is 248 g/mol. The summed E-state index contributed by atoms with van der Waals surface area (Å²) >= 11 is 3.64. The van der Waals surface area contributed by atoms with Crippen LogP contribution in [0.5, 0.6) is 5.75 Å². The van der Waals surface area contributed by atoms with E-state index in [1.54, 1.807) is 0 Å². The second-order valence-corrected chi connectivity index (χ2v) is 3.62. The van der Waals surface area contributed by atoms with Gasteiger partial charge in [0.25, 0.3) is 0 Å². The fourth-order valence-corrected chi connectivity index (χ4v) is 1.15. The quantitative estimate of drug-likeness (QED) is 0.645. The highest BCUT2D eigenvalue weighted by molar-refractivity contribution is 8.32. The molecule has 0 N–H and O–H groups in total. The summed E-state index contributed by atoms with van der Waals surface area (Å²) in [4.78, 5) is 21.5. The Morgan fingerprint density at radius 3 is 2.29 bits per heavy atom. The molecule has 3 nitrogen and oxygen atoms in total. The molecule has 14 heavy (non-hydrogen) atoms. The maximum atomic E-state index is 10.8. The summed E-state index contributed by atoms with van der Waals surface area (Å²) in [6.45, 7) is 0. The summed E-state index contributed by atoms with van der Waals surface area (Å²) in [5, 5.41) is -0.953. The summed E-state index contributed by atoms with van der Waals surface area (Å²) in [6.07, 6.45) is 0. The van der Waals surface area contributed by atoms with Gasteiger partial charge >= 0.3 is 5.30 Å². The second kappa shape index (κ2) is 5.29. The van der Waals surface area contributed by atoms with Crippen LogP contribution >= 0.6 is 34.3 Å². The summed E-state index contributed by atoms with van der Waals surface area (Å²) < 4.78 is 4.75. The highest BCUT2D eigenvalue weighted by atomic mass is 35.7. The van der Waals surface area contributed by atoms with E-state index in [0.717, 1.165) is 0 Å². The molecule has 6 heteroatoms. The number of hydrogen-bond acceptors (Lipinski definition) is 4. The maximum absolute atomic E-state index is 10.8. The lowest BCUT2D eigenvalue weighted by molar-refractivity contribution is 0.109. The molecule has 0 unspecified atom stereocenters. The highest BCUT2D eigenvalue weighted by Crippen LogP contribution is 2.17. The molecule has 1 rings (SSSR count). The number of carbonyl (C=O) groups is 2. The van der Waals surface area contributed by atoms with Crippen molar-refractivity contribution in [2.24, 2.45) is 0 Å². The molecule has 74 valence electrons. The third kappa shape index (κ3) is 3.25. The molecule has 0 saturated heterocycles. The molecule has 0 saturated carbocycles. The molecule has 0 spiro atoms. The van der Waals surface area contributed by atoms with Crippen LogP contribution in [0.1, 0.15) is 10.4 Å². The topological polar surface area (TPSA) is 43.4 Å². The van der Waals surface area contributed by atoms with E-state index in [4.69, 9.17) is 15.4 Å². The van der Waals surface area contributed by atoms with Crippen molar-refractivity contribution in [3.8, 4) is 5.75 Å². The predicted octanol–water partition coefficient (Wildman–Crippen LogP) is 3.14. The van der Waals surface area contributed by atoms with E-state index in [-0.39, 0.29) is 5.12 Å². The number of ether oxygens (including phenoxy) is 1. The molecule has 0 aromatic heterocycles. The van der Waals surface area contributed by atoms with Crippen LogP contribution in [0.2, 0.25) is 0 Å². The van der Waals surface area contributed by atoms with E-state index < -0.39 is 5.30 Å². The summed E-state index contributed by atoms with van der Waals surface area (Å²) in [5.74, 6) is 0.335. The SMILES string of the molecule is O=C(Oc1ccc(C(=O)S)cc1)SCl. The molecule has 1 aromatic rings. The van der Waals surface area contributed by atoms with Crippen LogP contribution in [0.3, 0.4) is 0 Å². The molecule has 0 amide bonds. The molecular weight excluding hydrogens is 244 g/mol. The van der Waals surface area contributed by atoms with Gasteiger partial charge in [0, 0.05) is 5.56 Å². The average molecular weight is 249 g/mol. The zero-order chi connectivity index (χ0) is 10.6. The minimum atomic E-state index is -0.614. The van der Waals surface area contributed by atoms with Crippen molar-refractivity contribution in [2.75, 3.05) is 0 Å². The Hall–Kier alpha value is -0.650. The van der Waals surface area contributed by atoms with Crippen LogP contribution in [0.25, 0.3) is 0 Å². The van der Waals surface area contributed by atoms with E-state index >= 15 is 0 Å². The molecular formula is C8H5ClO3S2. The summed E-state index contributed by atoms with van der Waals surface area (Å²) in [6, 6.07) is 6.01. The van der Waals surface area contributed by atoms with Crippen molar-refractivity contribution in [3.05, 3.63) is 29.8 Å². The Morgan fingerprint density at radius 1 is 1.29 bits per heavy atom. The van der Waals surface area contributed by atoms with Gasteiger partial charge in [-0.15, -0.1) is 12.6 Å². The fourth-order valence-electron chi connectivity index (χ4n) is 0.778. The standard InChI is InChI=1S/C8H5ClO3S2/c9-14-8(11)12-6-3-1-5(2-4-6)7(10)13/h1-4H,(H,10,13). The molecule has 0 bridgehead atoms. The first kappa shape index (κ1) is 11.4. The predicted molar refractivity (Wildman–Crippen MR) is 59.2 cm³/mol. The van der Waals surface area contributed by atoms with Crippen molar-refractivity contribution in [3.63, 3.8) is 0 Å². The van der Waals surface area contributed by atoms with Gasteiger partial charge < -0.3 is 4.74 Å². The zero-order valence-corrected chi connectivity index (χ0v) is 9.23. The Kier molecular flexibility index (Phi) is 4.31. The van der Waals surface area contributed by atoms with Crippen LogP contribution < -0.4 is 4.74 Å². The van der Waals surface area contributed by atoms with Gasteiger partial charge in [-0.3, -0.25) is 4.79 Å². The minimum absolute atomic E-state index is 0.335. The van der Waals surface area contributed by atoms with Gasteiger partial charge in [0.05, 0.1) is 11.0 Å². The van der Waals surface area contributed by atoms with E-state index in [1.807, 2.05) is 0 Å². The third-order valence-corrected chi connectivity index (χ3v) is 2.21. The first-order valence-electron chi connectivity index (χ1n) is 3.47. The van der Waals surface area contributed by atoms with Crippen LogP contribution in [0.4, 0.5) is 4.79 Å². The van der Waals surface area contributed by atoms with E-state index in [1.165, 1.54) is 24.3 Å². The molecule has 0 radical (unpaired) electrons. The minimum Gasteiger partial charge on any atom is -0.418 e. The highest BCUT2D eigenvalue weighted by Gasteiger charge is 2.04. The molecule has 0 fully saturated rings. The summed E-state index contributed by atoms with van der Waals surface area (Å²) in [5.41, 5.74) is 0.437. The van der Waals surface area contributed by atoms with Crippen LogP contribution in [0.15, 0.2) is 24.3 Å². The van der Waals surface area contributed by atoms with Crippen molar-refractivity contribution in [2.45, 2.75) is 0 Å². The summed E-state index contributed by atoms with van der Waals surface area (Å²) in [7, 11) is 5.62. The normalized spacial score (nSPS) is 9.57. The second-order valence-electron chi connectivity index (χ2n) is 2.26. The lowest BCUT2D eigenvalue weighted by atomic mass is 10.2. The number of carbonyl (C=O) groups excluding carboxylic acids is 2. The number of rotatable bonds is 2. The third-order valence-electron chi connectivity index (χ3n) is 1.37. The van der Waals surface area contributed by atoms with Crippen molar-refractivity contribution >= 4 is 44.7 Å². The van der Waals surface area contributed by atoms with Gasteiger partial charge in [0.1, 0.15) is 5.75 Å². The van der Waals surface area contributed by atoms with Gasteiger partial charge in [0.15, 0.2) is 0 Å². The molecule has 0 atom stereocenters. The average Bonchev–Trinajstić information content (AvgIpc) is 2.18. The Bertz CT molecular complexity index is 350. The van der Waals surface area contributed by atoms with Gasteiger partial charge in [-0.25, -0.2) is 4.79 Å². The lowest BCUT2D eigenvalue weighted by Crippen LogP contribution is -1.98. The van der Waals surface area contributed by atoms with Gasteiger partial charge in [-0.05, 0) is 34.9 Å². The van der Waals surface area contributed by atoms with Crippen LogP contribution in [-0.2, 0) is 0 Å². The van der Waals surface area contributed by atoms with Crippen LogP contribution in [0, 0.1) is 0 Å². The molecule has 0 heterocycles. The number of thiol groups is 1. The zero-order valence-electron chi connectivity index (χ0n) is 6.77. The number of benzene rings is 1. The molecule has 0 aliphatic heterocycles. The molecule has 1 aromatic carbocycles. The Labute approximate surface area is 94.7 Å². The van der Waals surface area contributed by atoms with E-state index in [2.05, 4.69) is 12.6 Å². The first-order chi connectivity index (χ1) is 6.63. The lowest BCUT2D eigenvalue weighted by Gasteiger charge is -2.00. The number of hydrogen-bond donors (Lipinski definition) is 1. The van der Waals surface area contributed by atoms with Crippen molar-refractivity contribution in [1.82, 2.24) is 0 Å². The van der Waals surface area contributed by atoms with Gasteiger partial charge in [-0.2, -0.15) is 0 Å². The van der Waals surface area contributed by atoms with E-state index in [9.17, 15) is 9.59 Å². The van der Waals surface area contributed by atoms with E-state index in [0.29, 0.717) is 22.3 Å². The van der Waals surface area contributed by atoms with Gasteiger partial charge in [-0.1, -0.05) is 0 Å². The van der Waals surface area contributed by atoms with Crippen molar-refractivity contribution < 1.29 is 14.3 Å². The largest absolute Gasteiger partial charge is 0.418 e. The first-order valence-corrected chi connectivity index (χ1v) is 5.56. The van der Waals surface area contributed by atoms with Gasteiger partial charge in [0.2, 0.25) is 5.12 Å². The maximum Gasteiger partial charge on any atom is 0.388 e. The fraction of sp³-hybridized carbons (Fsp3) is 0. The smallest absolute Gasteiger partial charge is 0.388 e. The Morgan fingerprint density at radius 2 is 1.86 bits per heavy atom. The Balaban J connectivity index is 2.73. The van der Waals surface area contributed by atoms with Crippen LogP contribution in [-0.4, -0.2) is 10.4 Å².